The fourth-order valence-electron chi connectivity index (χ4n) is 2.19. The van der Waals surface area contributed by atoms with Crippen molar-refractivity contribution in [3.05, 3.63) is 64.2 Å². The van der Waals surface area contributed by atoms with Gasteiger partial charge in [-0.2, -0.15) is 4.98 Å². The number of nitrogens with zero attached hydrogens (tertiary/aromatic N) is 3. The zero-order valence-corrected chi connectivity index (χ0v) is 14.1. The molecule has 0 radical (unpaired) electrons. The standard InChI is InChI=1S/C17H18FN3O2S/c1-2-21(10-15-4-3-9-24-15)11-17-19-16(20-23-17)12-22-14-7-5-13(18)6-8-14/h3-9H,2,10-12H2,1H3. The third kappa shape index (κ3) is 4.62. The maximum atomic E-state index is 12.8. The van der Waals surface area contributed by atoms with Crippen LogP contribution in [0.4, 0.5) is 4.39 Å². The van der Waals surface area contributed by atoms with Gasteiger partial charge >= 0.3 is 0 Å². The summed E-state index contributed by atoms with van der Waals surface area (Å²) in [6.45, 7) is 4.63. The lowest BCUT2D eigenvalue weighted by atomic mass is 10.3. The van der Waals surface area contributed by atoms with Crippen LogP contribution in [-0.2, 0) is 19.7 Å². The van der Waals surface area contributed by atoms with Gasteiger partial charge in [0.15, 0.2) is 6.61 Å². The minimum Gasteiger partial charge on any atom is -0.485 e. The Kier molecular flexibility index (Phi) is 5.55. The molecule has 7 heteroatoms. The Morgan fingerprint density at radius 1 is 1.21 bits per heavy atom. The summed E-state index contributed by atoms with van der Waals surface area (Å²) in [5.41, 5.74) is 0. The maximum absolute atomic E-state index is 12.8. The summed E-state index contributed by atoms with van der Waals surface area (Å²) >= 11 is 1.73. The molecular formula is C17H18FN3O2S. The summed E-state index contributed by atoms with van der Waals surface area (Å²) in [4.78, 5) is 7.87. The zero-order valence-electron chi connectivity index (χ0n) is 13.3. The first-order valence-electron chi connectivity index (χ1n) is 7.67. The van der Waals surface area contributed by atoms with Gasteiger partial charge in [-0.05, 0) is 42.3 Å². The van der Waals surface area contributed by atoms with E-state index in [-0.39, 0.29) is 12.4 Å². The van der Waals surface area contributed by atoms with Gasteiger partial charge < -0.3 is 9.26 Å². The van der Waals surface area contributed by atoms with E-state index in [1.54, 1.807) is 23.5 Å². The van der Waals surface area contributed by atoms with Crippen molar-refractivity contribution in [3.8, 4) is 5.75 Å². The van der Waals surface area contributed by atoms with Gasteiger partial charge in [-0.1, -0.05) is 18.1 Å². The van der Waals surface area contributed by atoms with Gasteiger partial charge in [0, 0.05) is 11.4 Å². The summed E-state index contributed by atoms with van der Waals surface area (Å²) in [5.74, 6) is 1.30. The summed E-state index contributed by atoms with van der Waals surface area (Å²) < 4.78 is 23.6. The second-order valence-corrected chi connectivity index (χ2v) is 6.26. The van der Waals surface area contributed by atoms with Crippen LogP contribution >= 0.6 is 11.3 Å². The van der Waals surface area contributed by atoms with Crippen LogP contribution < -0.4 is 4.74 Å². The van der Waals surface area contributed by atoms with Crippen LogP contribution in [0.5, 0.6) is 5.75 Å². The molecule has 3 rings (SSSR count). The van der Waals surface area contributed by atoms with Gasteiger partial charge in [0.2, 0.25) is 11.7 Å². The molecule has 0 aliphatic rings. The Balaban J connectivity index is 1.53. The molecule has 0 saturated heterocycles. The number of hydrogen-bond acceptors (Lipinski definition) is 6. The molecule has 2 aromatic heterocycles. The van der Waals surface area contributed by atoms with E-state index in [0.29, 0.717) is 24.0 Å². The summed E-state index contributed by atoms with van der Waals surface area (Å²) in [5, 5.41) is 5.99. The molecule has 3 aromatic rings. The first kappa shape index (κ1) is 16.6. The number of benzene rings is 1. The SMILES string of the molecule is CCN(Cc1nc(COc2ccc(F)cc2)no1)Cc1cccs1. The normalized spacial score (nSPS) is 11.1. The van der Waals surface area contributed by atoms with Crippen LogP contribution in [0.3, 0.4) is 0 Å². The van der Waals surface area contributed by atoms with Crippen molar-refractivity contribution in [2.24, 2.45) is 0 Å². The molecule has 0 unspecified atom stereocenters. The van der Waals surface area contributed by atoms with Crippen molar-refractivity contribution in [3.63, 3.8) is 0 Å². The van der Waals surface area contributed by atoms with Crippen LogP contribution in [0.25, 0.3) is 0 Å². The average molecular weight is 347 g/mol. The third-order valence-corrected chi connectivity index (χ3v) is 4.32. The molecule has 0 atom stereocenters. The second kappa shape index (κ2) is 8.03. The molecule has 24 heavy (non-hydrogen) atoms. The van der Waals surface area contributed by atoms with E-state index in [1.165, 1.54) is 17.0 Å². The zero-order chi connectivity index (χ0) is 16.8. The quantitative estimate of drug-likeness (QED) is 0.619. The Labute approximate surface area is 143 Å². The molecule has 0 saturated carbocycles. The first-order chi connectivity index (χ1) is 11.7. The Hall–Kier alpha value is -2.25. The topological polar surface area (TPSA) is 51.4 Å². The molecule has 126 valence electrons. The lowest BCUT2D eigenvalue weighted by Crippen LogP contribution is -2.22. The molecule has 1 aromatic carbocycles. The Morgan fingerprint density at radius 2 is 2.04 bits per heavy atom. The van der Waals surface area contributed by atoms with Crippen molar-refractivity contribution in [2.75, 3.05) is 6.54 Å². The van der Waals surface area contributed by atoms with Crippen molar-refractivity contribution in [1.29, 1.82) is 0 Å². The van der Waals surface area contributed by atoms with Gasteiger partial charge in [0.25, 0.3) is 0 Å². The van der Waals surface area contributed by atoms with E-state index in [1.807, 2.05) is 6.07 Å². The van der Waals surface area contributed by atoms with E-state index < -0.39 is 0 Å². The van der Waals surface area contributed by atoms with Crippen LogP contribution in [0.1, 0.15) is 23.5 Å². The van der Waals surface area contributed by atoms with E-state index >= 15 is 0 Å². The number of halogens is 1. The minimum absolute atomic E-state index is 0.187. The average Bonchev–Trinajstić information content (AvgIpc) is 3.26. The third-order valence-electron chi connectivity index (χ3n) is 3.46. The largest absolute Gasteiger partial charge is 0.485 e. The first-order valence-corrected chi connectivity index (χ1v) is 8.55. The highest BCUT2D eigenvalue weighted by atomic mass is 32.1. The van der Waals surface area contributed by atoms with Gasteiger partial charge in [-0.25, -0.2) is 4.39 Å². The van der Waals surface area contributed by atoms with E-state index in [2.05, 4.69) is 33.4 Å². The van der Waals surface area contributed by atoms with E-state index in [4.69, 9.17) is 9.26 Å². The summed E-state index contributed by atoms with van der Waals surface area (Å²) in [6, 6.07) is 9.99. The highest BCUT2D eigenvalue weighted by molar-refractivity contribution is 7.09. The van der Waals surface area contributed by atoms with E-state index in [9.17, 15) is 4.39 Å². The lowest BCUT2D eigenvalue weighted by Gasteiger charge is -2.16. The van der Waals surface area contributed by atoms with Crippen LogP contribution in [-0.4, -0.2) is 21.6 Å². The van der Waals surface area contributed by atoms with Gasteiger partial charge in [-0.15, -0.1) is 11.3 Å². The molecule has 0 spiro atoms. The number of thiophene rings is 1. The van der Waals surface area contributed by atoms with Crippen LogP contribution in [0, 0.1) is 5.82 Å². The molecule has 0 fully saturated rings. The highest BCUT2D eigenvalue weighted by Gasteiger charge is 2.12. The fraction of sp³-hybridized carbons (Fsp3) is 0.294. The van der Waals surface area contributed by atoms with Gasteiger partial charge in [0.05, 0.1) is 6.54 Å². The van der Waals surface area contributed by atoms with Crippen molar-refractivity contribution in [1.82, 2.24) is 15.0 Å². The molecule has 5 nitrogen and oxygen atoms in total. The molecular weight excluding hydrogens is 329 g/mol. The number of ether oxygens (including phenoxy) is 1. The fourth-order valence-corrected chi connectivity index (χ4v) is 2.93. The predicted molar refractivity (Wildman–Crippen MR) is 89.1 cm³/mol. The van der Waals surface area contributed by atoms with Crippen LogP contribution in [0.15, 0.2) is 46.3 Å². The van der Waals surface area contributed by atoms with Gasteiger partial charge in [-0.3, -0.25) is 4.90 Å². The lowest BCUT2D eigenvalue weighted by molar-refractivity contribution is 0.229. The number of aromatic nitrogens is 2. The highest BCUT2D eigenvalue weighted by Crippen LogP contribution is 2.15. The molecule has 0 N–H and O–H groups in total. The van der Waals surface area contributed by atoms with Gasteiger partial charge in [0.1, 0.15) is 11.6 Å². The Morgan fingerprint density at radius 3 is 2.75 bits per heavy atom. The van der Waals surface area contributed by atoms with Crippen molar-refractivity contribution < 1.29 is 13.7 Å². The summed E-state index contributed by atoms with van der Waals surface area (Å²) in [7, 11) is 0. The van der Waals surface area contributed by atoms with Crippen molar-refractivity contribution >= 4 is 11.3 Å². The molecule has 0 bridgehead atoms. The van der Waals surface area contributed by atoms with Crippen molar-refractivity contribution in [2.45, 2.75) is 26.6 Å². The minimum atomic E-state index is -0.297. The second-order valence-electron chi connectivity index (χ2n) is 5.23. The maximum Gasteiger partial charge on any atom is 0.240 e. The smallest absolute Gasteiger partial charge is 0.240 e. The number of rotatable bonds is 8. The van der Waals surface area contributed by atoms with Crippen LogP contribution in [0.2, 0.25) is 0 Å². The summed E-state index contributed by atoms with van der Waals surface area (Å²) in [6.07, 6.45) is 0. The number of hydrogen-bond donors (Lipinski definition) is 0. The molecule has 0 aliphatic heterocycles. The molecule has 0 amide bonds. The Bertz CT molecular complexity index is 744. The van der Waals surface area contributed by atoms with E-state index in [0.717, 1.165) is 13.1 Å². The molecule has 2 heterocycles. The monoisotopic (exact) mass is 347 g/mol. The molecule has 0 aliphatic carbocycles. The predicted octanol–water partition coefficient (Wildman–Crippen LogP) is 3.87.